The third kappa shape index (κ3) is 3.10. The summed E-state index contributed by atoms with van der Waals surface area (Å²) in [6.07, 6.45) is -2.55. The molecule has 3 heterocycles. The summed E-state index contributed by atoms with van der Waals surface area (Å²) in [4.78, 5) is 19.8. The third-order valence-electron chi connectivity index (χ3n) is 4.89. The van der Waals surface area contributed by atoms with Gasteiger partial charge in [0, 0.05) is 18.9 Å². The summed E-state index contributed by atoms with van der Waals surface area (Å²) >= 11 is 0. The monoisotopic (exact) mass is 403 g/mol. The lowest BCUT2D eigenvalue weighted by molar-refractivity contribution is -0.137. The molecule has 0 atom stereocenters. The highest BCUT2D eigenvalue weighted by Gasteiger charge is 2.31. The number of halogens is 3. The number of hydrogen-bond donors (Lipinski definition) is 1. The van der Waals surface area contributed by atoms with Crippen molar-refractivity contribution in [3.63, 3.8) is 0 Å². The molecule has 4 aromatic rings. The Morgan fingerprint density at radius 2 is 1.97 bits per heavy atom. The van der Waals surface area contributed by atoms with Crippen molar-refractivity contribution in [1.82, 2.24) is 24.3 Å². The van der Waals surface area contributed by atoms with Crippen molar-refractivity contribution in [2.24, 2.45) is 7.05 Å². The molecule has 1 aromatic carbocycles. The smallest absolute Gasteiger partial charge is 0.416 e. The van der Waals surface area contributed by atoms with Crippen LogP contribution in [-0.4, -0.2) is 35.4 Å². The molecule has 29 heavy (non-hydrogen) atoms. The van der Waals surface area contributed by atoms with E-state index in [2.05, 4.69) is 15.1 Å². The van der Waals surface area contributed by atoms with Crippen LogP contribution in [0.3, 0.4) is 0 Å². The first-order valence-electron chi connectivity index (χ1n) is 8.81. The first-order chi connectivity index (χ1) is 13.7. The van der Waals surface area contributed by atoms with Crippen LogP contribution in [0.5, 0.6) is 0 Å². The Bertz CT molecular complexity index is 1260. The number of aryl methyl sites for hydroxylation is 2. The molecular formula is C19H16F3N5O2. The second kappa shape index (κ2) is 6.57. The van der Waals surface area contributed by atoms with Crippen LogP contribution in [-0.2, 0) is 26.2 Å². The zero-order valence-electron chi connectivity index (χ0n) is 15.5. The van der Waals surface area contributed by atoms with E-state index in [4.69, 9.17) is 0 Å². The maximum absolute atomic E-state index is 13.0. The number of fused-ring (bicyclic) bond motifs is 2. The van der Waals surface area contributed by atoms with Crippen LogP contribution >= 0.6 is 0 Å². The number of nitrogens with zero attached hydrogens (tertiary/aromatic N) is 5. The molecule has 150 valence electrons. The quantitative estimate of drug-likeness (QED) is 0.562. The number of aromatic carboxylic acids is 1. The predicted octanol–water partition coefficient (Wildman–Crippen LogP) is 3.65. The minimum Gasteiger partial charge on any atom is -0.476 e. The molecule has 0 aliphatic carbocycles. The van der Waals surface area contributed by atoms with Gasteiger partial charge < -0.3 is 9.67 Å². The number of carboxylic acid groups (broad SMARTS) is 1. The molecule has 0 fully saturated rings. The highest BCUT2D eigenvalue weighted by molar-refractivity contribution is 6.01. The zero-order chi connectivity index (χ0) is 20.9. The van der Waals surface area contributed by atoms with E-state index in [1.807, 2.05) is 6.92 Å². The molecule has 4 rings (SSSR count). The van der Waals surface area contributed by atoms with Crippen molar-refractivity contribution in [2.75, 3.05) is 0 Å². The van der Waals surface area contributed by atoms with E-state index >= 15 is 0 Å². The number of imidazole rings is 1. The SMILES string of the molecule is CCc1c2c(C(=O)O)nccc2nn1Cc1nc2cc(C(F)(F)F)ccc2n1C. The number of rotatable bonds is 4. The third-order valence-corrected chi connectivity index (χ3v) is 4.89. The molecule has 3 aromatic heterocycles. The summed E-state index contributed by atoms with van der Waals surface area (Å²) in [5.41, 5.74) is 1.13. The second-order valence-corrected chi connectivity index (χ2v) is 6.61. The van der Waals surface area contributed by atoms with Crippen LogP contribution in [0.2, 0.25) is 0 Å². The Balaban J connectivity index is 1.83. The zero-order valence-corrected chi connectivity index (χ0v) is 15.5. The molecule has 0 saturated heterocycles. The number of carboxylic acids is 1. The fourth-order valence-corrected chi connectivity index (χ4v) is 3.49. The van der Waals surface area contributed by atoms with Crippen LogP contribution in [0.15, 0.2) is 30.5 Å². The van der Waals surface area contributed by atoms with Gasteiger partial charge in [-0.25, -0.2) is 14.8 Å². The van der Waals surface area contributed by atoms with E-state index < -0.39 is 17.7 Å². The second-order valence-electron chi connectivity index (χ2n) is 6.61. The van der Waals surface area contributed by atoms with Gasteiger partial charge in [0.25, 0.3) is 0 Å². The van der Waals surface area contributed by atoms with Gasteiger partial charge in [0.1, 0.15) is 5.82 Å². The Hall–Kier alpha value is -3.43. The van der Waals surface area contributed by atoms with Crippen molar-refractivity contribution in [2.45, 2.75) is 26.1 Å². The summed E-state index contributed by atoms with van der Waals surface area (Å²) in [6, 6.07) is 5.06. The number of pyridine rings is 1. The normalized spacial score (nSPS) is 12.2. The van der Waals surface area contributed by atoms with Gasteiger partial charge >= 0.3 is 12.1 Å². The fourth-order valence-electron chi connectivity index (χ4n) is 3.49. The molecule has 0 aliphatic heterocycles. The van der Waals surface area contributed by atoms with Gasteiger partial charge in [-0.1, -0.05) is 6.92 Å². The molecule has 0 saturated carbocycles. The summed E-state index contributed by atoms with van der Waals surface area (Å²) < 4.78 is 42.3. The highest BCUT2D eigenvalue weighted by atomic mass is 19.4. The van der Waals surface area contributed by atoms with Gasteiger partial charge in [-0.15, -0.1) is 0 Å². The number of hydrogen-bond acceptors (Lipinski definition) is 4. The van der Waals surface area contributed by atoms with Crippen LogP contribution in [0.25, 0.3) is 21.9 Å². The molecule has 7 nitrogen and oxygen atoms in total. The Morgan fingerprint density at radius 3 is 2.62 bits per heavy atom. The lowest BCUT2D eigenvalue weighted by atomic mass is 10.1. The Labute approximate surface area is 162 Å². The van der Waals surface area contributed by atoms with Gasteiger partial charge in [-0.2, -0.15) is 18.3 Å². The maximum atomic E-state index is 13.0. The first kappa shape index (κ1) is 18.9. The summed E-state index contributed by atoms with van der Waals surface area (Å²) in [7, 11) is 1.72. The molecule has 0 spiro atoms. The van der Waals surface area contributed by atoms with Gasteiger partial charge in [0.05, 0.1) is 34.0 Å². The molecule has 0 amide bonds. The van der Waals surface area contributed by atoms with Crippen molar-refractivity contribution in [1.29, 1.82) is 0 Å². The summed E-state index contributed by atoms with van der Waals surface area (Å²) in [5.74, 6) is -0.640. The summed E-state index contributed by atoms with van der Waals surface area (Å²) in [6.45, 7) is 2.06. The van der Waals surface area contributed by atoms with Gasteiger partial charge in [0.15, 0.2) is 5.69 Å². The predicted molar refractivity (Wildman–Crippen MR) is 98.7 cm³/mol. The molecular weight excluding hydrogens is 387 g/mol. The van der Waals surface area contributed by atoms with Crippen molar-refractivity contribution in [3.05, 3.63) is 53.2 Å². The van der Waals surface area contributed by atoms with E-state index in [-0.39, 0.29) is 17.8 Å². The molecule has 0 aliphatic rings. The van der Waals surface area contributed by atoms with Gasteiger partial charge in [-0.3, -0.25) is 4.68 Å². The van der Waals surface area contributed by atoms with Crippen molar-refractivity contribution >= 4 is 27.9 Å². The van der Waals surface area contributed by atoms with Crippen LogP contribution in [0.1, 0.15) is 34.5 Å². The van der Waals surface area contributed by atoms with Crippen LogP contribution < -0.4 is 0 Å². The largest absolute Gasteiger partial charge is 0.476 e. The highest BCUT2D eigenvalue weighted by Crippen LogP contribution is 2.31. The standard InChI is InChI=1S/C19H16F3N5O2/c1-3-13-16-11(6-7-23-17(16)18(28)29)25-27(13)9-15-24-12-8-10(19(20,21)22)4-5-14(12)26(15)2/h4-8H,3,9H2,1-2H3,(H,28,29). The van der Waals surface area contributed by atoms with Crippen molar-refractivity contribution < 1.29 is 23.1 Å². The Morgan fingerprint density at radius 1 is 1.21 bits per heavy atom. The van der Waals surface area contributed by atoms with Crippen LogP contribution in [0, 0.1) is 0 Å². The lowest BCUT2D eigenvalue weighted by Gasteiger charge is -2.07. The average molecular weight is 403 g/mol. The maximum Gasteiger partial charge on any atom is 0.416 e. The summed E-state index contributed by atoms with van der Waals surface area (Å²) in [5, 5.41) is 14.4. The number of benzene rings is 1. The molecule has 0 unspecified atom stereocenters. The minimum atomic E-state index is -4.44. The molecule has 0 bridgehead atoms. The number of carbonyl (C=O) groups is 1. The van der Waals surface area contributed by atoms with E-state index in [0.717, 1.165) is 12.1 Å². The fraction of sp³-hybridized carbons (Fsp3) is 0.263. The van der Waals surface area contributed by atoms with E-state index in [9.17, 15) is 23.1 Å². The van der Waals surface area contributed by atoms with E-state index in [0.29, 0.717) is 34.4 Å². The van der Waals surface area contributed by atoms with Crippen LogP contribution in [0.4, 0.5) is 13.2 Å². The van der Waals surface area contributed by atoms with E-state index in [1.165, 1.54) is 12.3 Å². The number of aromatic nitrogens is 5. The van der Waals surface area contributed by atoms with Gasteiger partial charge in [-0.05, 0) is 30.7 Å². The molecule has 10 heteroatoms. The lowest BCUT2D eigenvalue weighted by Crippen LogP contribution is -2.10. The Kier molecular flexibility index (Phi) is 4.29. The van der Waals surface area contributed by atoms with E-state index in [1.54, 1.807) is 22.4 Å². The molecule has 1 N–H and O–H groups in total. The minimum absolute atomic E-state index is 0.0783. The van der Waals surface area contributed by atoms with Gasteiger partial charge in [0.2, 0.25) is 0 Å². The number of alkyl halides is 3. The first-order valence-corrected chi connectivity index (χ1v) is 8.81. The topological polar surface area (TPSA) is 85.8 Å². The average Bonchev–Trinajstić information content (AvgIpc) is 3.17. The molecule has 0 radical (unpaired) electrons. The van der Waals surface area contributed by atoms with Crippen molar-refractivity contribution in [3.8, 4) is 0 Å².